The van der Waals surface area contributed by atoms with Crippen molar-refractivity contribution in [3.05, 3.63) is 0 Å². The summed E-state index contributed by atoms with van der Waals surface area (Å²) in [4.78, 5) is 35.6. The molecule has 1 saturated heterocycles. The molecule has 0 aromatic rings. The molecular weight excluding hydrogens is 224 g/mol. The van der Waals surface area contributed by atoms with Crippen LogP contribution in [0.3, 0.4) is 0 Å². The number of carbonyl (C=O) groups excluding carboxylic acids is 2. The number of hydrogen-bond acceptors (Lipinski definition) is 3. The number of carboxylic acids is 1. The Bertz CT molecular complexity index is 329. The van der Waals surface area contributed by atoms with Crippen molar-refractivity contribution >= 4 is 17.8 Å². The summed E-state index contributed by atoms with van der Waals surface area (Å²) in [5, 5.41) is 11.3. The van der Waals surface area contributed by atoms with E-state index in [0.29, 0.717) is 19.4 Å². The Morgan fingerprint density at radius 3 is 2.71 bits per heavy atom. The molecule has 1 heterocycles. The molecule has 2 atom stereocenters. The Hall–Kier alpha value is -1.59. The standard InChI is InChI=1S/C11H18N2O4/c1-3-8(11(16)17)12-10(15)7-4-5-13(2)9(14)6-7/h7-8H,3-6H2,1-2H3,(H,12,15)(H,16,17). The Morgan fingerprint density at radius 2 is 2.24 bits per heavy atom. The zero-order valence-electron chi connectivity index (χ0n) is 10.1. The second kappa shape index (κ2) is 5.65. The fourth-order valence-corrected chi connectivity index (χ4v) is 1.79. The number of piperidine rings is 1. The highest BCUT2D eigenvalue weighted by Crippen LogP contribution is 2.17. The van der Waals surface area contributed by atoms with Gasteiger partial charge in [0.25, 0.3) is 0 Å². The number of carboxylic acid groups (broad SMARTS) is 1. The predicted octanol–water partition coefficient (Wildman–Crippen LogP) is -0.166. The first-order valence-electron chi connectivity index (χ1n) is 5.72. The van der Waals surface area contributed by atoms with Crippen LogP contribution >= 0.6 is 0 Å². The lowest BCUT2D eigenvalue weighted by molar-refractivity contribution is -0.144. The molecule has 1 aliphatic rings. The van der Waals surface area contributed by atoms with E-state index < -0.39 is 17.9 Å². The summed E-state index contributed by atoms with van der Waals surface area (Å²) < 4.78 is 0. The molecule has 6 nitrogen and oxygen atoms in total. The first-order valence-corrected chi connectivity index (χ1v) is 5.72. The summed E-state index contributed by atoms with van der Waals surface area (Å²) in [6, 6.07) is -0.864. The number of hydrogen-bond donors (Lipinski definition) is 2. The van der Waals surface area contributed by atoms with E-state index in [-0.39, 0.29) is 18.2 Å². The number of aliphatic carboxylic acids is 1. The fourth-order valence-electron chi connectivity index (χ4n) is 1.79. The number of nitrogens with one attached hydrogen (secondary N) is 1. The van der Waals surface area contributed by atoms with Crippen LogP contribution in [0.2, 0.25) is 0 Å². The zero-order valence-corrected chi connectivity index (χ0v) is 10.1. The van der Waals surface area contributed by atoms with Crippen LogP contribution in [0.15, 0.2) is 0 Å². The lowest BCUT2D eigenvalue weighted by Gasteiger charge is -2.28. The van der Waals surface area contributed by atoms with Gasteiger partial charge in [0, 0.05) is 25.9 Å². The van der Waals surface area contributed by atoms with Crippen LogP contribution in [0.25, 0.3) is 0 Å². The first-order chi connectivity index (χ1) is 7.95. The van der Waals surface area contributed by atoms with Gasteiger partial charge < -0.3 is 15.3 Å². The van der Waals surface area contributed by atoms with Crippen molar-refractivity contribution in [3.63, 3.8) is 0 Å². The molecule has 2 N–H and O–H groups in total. The van der Waals surface area contributed by atoms with E-state index in [0.717, 1.165) is 0 Å². The maximum absolute atomic E-state index is 11.8. The summed E-state index contributed by atoms with van der Waals surface area (Å²) in [6.07, 6.45) is 1.09. The van der Waals surface area contributed by atoms with Gasteiger partial charge in [-0.3, -0.25) is 9.59 Å². The summed E-state index contributed by atoms with van der Waals surface area (Å²) in [6.45, 7) is 2.24. The Kier molecular flexibility index (Phi) is 4.48. The minimum absolute atomic E-state index is 0.0697. The molecule has 1 aliphatic heterocycles. The smallest absolute Gasteiger partial charge is 0.326 e. The minimum Gasteiger partial charge on any atom is -0.480 e. The van der Waals surface area contributed by atoms with E-state index in [1.165, 1.54) is 0 Å². The third kappa shape index (κ3) is 3.44. The van der Waals surface area contributed by atoms with E-state index in [2.05, 4.69) is 5.32 Å². The van der Waals surface area contributed by atoms with Crippen LogP contribution in [0.5, 0.6) is 0 Å². The van der Waals surface area contributed by atoms with Crippen molar-refractivity contribution in [2.24, 2.45) is 5.92 Å². The average Bonchev–Trinajstić information content (AvgIpc) is 2.28. The molecule has 0 spiro atoms. The van der Waals surface area contributed by atoms with E-state index in [9.17, 15) is 14.4 Å². The molecular formula is C11H18N2O4. The summed E-state index contributed by atoms with van der Waals surface area (Å²) in [5.74, 6) is -1.84. The van der Waals surface area contributed by atoms with Gasteiger partial charge in [0.2, 0.25) is 11.8 Å². The second-order valence-electron chi connectivity index (χ2n) is 4.31. The molecule has 0 aromatic carbocycles. The molecule has 2 amide bonds. The maximum atomic E-state index is 11.8. The van der Waals surface area contributed by atoms with Crippen molar-refractivity contribution in [1.29, 1.82) is 0 Å². The molecule has 17 heavy (non-hydrogen) atoms. The summed E-state index contributed by atoms with van der Waals surface area (Å²) >= 11 is 0. The molecule has 0 aromatic heterocycles. The van der Waals surface area contributed by atoms with Gasteiger partial charge in [-0.2, -0.15) is 0 Å². The number of amides is 2. The lowest BCUT2D eigenvalue weighted by atomic mass is 9.95. The van der Waals surface area contributed by atoms with Gasteiger partial charge in [0.05, 0.1) is 0 Å². The summed E-state index contributed by atoms with van der Waals surface area (Å²) in [7, 11) is 1.70. The van der Waals surface area contributed by atoms with E-state index >= 15 is 0 Å². The molecule has 96 valence electrons. The third-order valence-electron chi connectivity index (χ3n) is 3.05. The summed E-state index contributed by atoms with van der Waals surface area (Å²) in [5.41, 5.74) is 0. The SMILES string of the molecule is CCC(NC(=O)C1CCN(C)C(=O)C1)C(=O)O. The highest BCUT2D eigenvalue weighted by atomic mass is 16.4. The maximum Gasteiger partial charge on any atom is 0.326 e. The zero-order chi connectivity index (χ0) is 13.0. The minimum atomic E-state index is -1.04. The Balaban J connectivity index is 2.53. The van der Waals surface area contributed by atoms with E-state index in [4.69, 9.17) is 5.11 Å². The van der Waals surface area contributed by atoms with Crippen LogP contribution in [0, 0.1) is 5.92 Å². The predicted molar refractivity (Wildman–Crippen MR) is 60.2 cm³/mol. The van der Waals surface area contributed by atoms with E-state index in [1.54, 1.807) is 18.9 Å². The van der Waals surface area contributed by atoms with Gasteiger partial charge in [-0.05, 0) is 12.8 Å². The van der Waals surface area contributed by atoms with Crippen molar-refractivity contribution in [2.45, 2.75) is 32.2 Å². The van der Waals surface area contributed by atoms with Crippen molar-refractivity contribution in [3.8, 4) is 0 Å². The first kappa shape index (κ1) is 13.5. The second-order valence-corrected chi connectivity index (χ2v) is 4.31. The van der Waals surface area contributed by atoms with Crippen LogP contribution in [-0.2, 0) is 14.4 Å². The van der Waals surface area contributed by atoms with Crippen LogP contribution in [-0.4, -0.2) is 47.4 Å². The number of likely N-dealkylation sites (tertiary alicyclic amines) is 1. The molecule has 0 bridgehead atoms. The number of carbonyl (C=O) groups is 3. The van der Waals surface area contributed by atoms with Crippen LogP contribution in [0.4, 0.5) is 0 Å². The topological polar surface area (TPSA) is 86.7 Å². The van der Waals surface area contributed by atoms with Crippen LogP contribution in [0.1, 0.15) is 26.2 Å². The Morgan fingerprint density at radius 1 is 1.59 bits per heavy atom. The highest BCUT2D eigenvalue weighted by molar-refractivity contribution is 5.89. The van der Waals surface area contributed by atoms with E-state index in [1.807, 2.05) is 0 Å². The average molecular weight is 242 g/mol. The van der Waals surface area contributed by atoms with Crippen molar-refractivity contribution in [2.75, 3.05) is 13.6 Å². The molecule has 0 aliphatic carbocycles. The van der Waals surface area contributed by atoms with Crippen molar-refractivity contribution < 1.29 is 19.5 Å². The van der Waals surface area contributed by atoms with Crippen molar-refractivity contribution in [1.82, 2.24) is 10.2 Å². The molecule has 2 unspecified atom stereocenters. The highest BCUT2D eigenvalue weighted by Gasteiger charge is 2.30. The lowest BCUT2D eigenvalue weighted by Crippen LogP contribution is -2.47. The fraction of sp³-hybridized carbons (Fsp3) is 0.727. The quantitative estimate of drug-likeness (QED) is 0.717. The van der Waals surface area contributed by atoms with Gasteiger partial charge >= 0.3 is 5.97 Å². The van der Waals surface area contributed by atoms with Gasteiger partial charge in [-0.1, -0.05) is 6.92 Å². The third-order valence-corrected chi connectivity index (χ3v) is 3.05. The number of rotatable bonds is 4. The molecule has 6 heteroatoms. The molecule has 0 radical (unpaired) electrons. The molecule has 1 rings (SSSR count). The monoisotopic (exact) mass is 242 g/mol. The van der Waals surface area contributed by atoms with Gasteiger partial charge in [-0.25, -0.2) is 4.79 Å². The van der Waals surface area contributed by atoms with Crippen LogP contribution < -0.4 is 5.32 Å². The van der Waals surface area contributed by atoms with Gasteiger partial charge in [0.1, 0.15) is 6.04 Å². The number of nitrogens with zero attached hydrogens (tertiary/aromatic N) is 1. The largest absolute Gasteiger partial charge is 0.480 e. The van der Waals surface area contributed by atoms with Gasteiger partial charge in [-0.15, -0.1) is 0 Å². The Labute approximate surface area is 100.0 Å². The normalized spacial score (nSPS) is 22.1. The molecule has 1 fully saturated rings. The molecule has 0 saturated carbocycles. The van der Waals surface area contributed by atoms with Gasteiger partial charge in [0.15, 0.2) is 0 Å².